The number of phenolic OH excluding ortho intramolecular Hbond substituents is 1. The molecule has 0 saturated heterocycles. The molecular weight excluding hydrogens is 308 g/mol. The molecule has 6 nitrogen and oxygen atoms in total. The van der Waals surface area contributed by atoms with Crippen molar-refractivity contribution in [2.24, 2.45) is 0 Å². The standard InChI is InChI=1S/C18H28N2O4/c1-3-4-5-6-7-8-9-10-13-19(15(2)21)17-12-11-16(20(23)24)14-18(17)22/h11-12,14,22H,3-10,13H2,1-2H3. The summed E-state index contributed by atoms with van der Waals surface area (Å²) in [6, 6.07) is 3.82. The molecule has 0 radical (unpaired) electrons. The third-order valence-corrected chi connectivity index (χ3v) is 4.08. The number of aromatic hydroxyl groups is 1. The van der Waals surface area contributed by atoms with Crippen LogP contribution in [0.15, 0.2) is 18.2 Å². The number of carbonyl (C=O) groups is 1. The molecule has 1 aromatic carbocycles. The zero-order chi connectivity index (χ0) is 17.9. The molecule has 1 aromatic rings. The van der Waals surface area contributed by atoms with Gasteiger partial charge in [0.25, 0.3) is 5.69 Å². The Kier molecular flexibility index (Phi) is 8.83. The Bertz CT molecular complexity index is 546. The first-order chi connectivity index (χ1) is 11.5. The van der Waals surface area contributed by atoms with Crippen molar-refractivity contribution in [2.75, 3.05) is 11.4 Å². The number of benzene rings is 1. The third kappa shape index (κ3) is 6.56. The van der Waals surface area contributed by atoms with Crippen LogP contribution in [0.3, 0.4) is 0 Å². The summed E-state index contributed by atoms with van der Waals surface area (Å²) in [6.07, 6.45) is 9.31. The number of phenols is 1. The van der Waals surface area contributed by atoms with Crippen molar-refractivity contribution in [1.82, 2.24) is 0 Å². The number of amides is 1. The number of anilines is 1. The van der Waals surface area contributed by atoms with Crippen molar-refractivity contribution in [3.05, 3.63) is 28.3 Å². The normalized spacial score (nSPS) is 10.6. The molecule has 0 bridgehead atoms. The van der Waals surface area contributed by atoms with Crippen molar-refractivity contribution < 1.29 is 14.8 Å². The molecule has 134 valence electrons. The van der Waals surface area contributed by atoms with Gasteiger partial charge in [0.1, 0.15) is 5.75 Å². The fourth-order valence-electron chi connectivity index (χ4n) is 2.70. The molecule has 0 aliphatic heterocycles. The van der Waals surface area contributed by atoms with E-state index in [4.69, 9.17) is 0 Å². The van der Waals surface area contributed by atoms with Gasteiger partial charge in [0.2, 0.25) is 5.91 Å². The minimum absolute atomic E-state index is 0.179. The molecule has 0 saturated carbocycles. The highest BCUT2D eigenvalue weighted by Crippen LogP contribution is 2.31. The van der Waals surface area contributed by atoms with E-state index in [0.29, 0.717) is 12.2 Å². The number of rotatable bonds is 11. The van der Waals surface area contributed by atoms with E-state index in [1.54, 1.807) is 0 Å². The average molecular weight is 336 g/mol. The minimum atomic E-state index is -0.569. The molecule has 0 spiro atoms. The number of nitrogens with zero attached hydrogens (tertiary/aromatic N) is 2. The zero-order valence-corrected chi connectivity index (χ0v) is 14.7. The Labute approximate surface area is 143 Å². The molecule has 0 fully saturated rings. The Balaban J connectivity index is 2.50. The summed E-state index contributed by atoms with van der Waals surface area (Å²) in [5.74, 6) is -0.416. The first kappa shape index (κ1) is 19.9. The van der Waals surface area contributed by atoms with E-state index in [1.165, 1.54) is 56.1 Å². The SMILES string of the molecule is CCCCCCCCCCN(C(C)=O)c1ccc([N+](=O)[O-])cc1O. The highest BCUT2D eigenvalue weighted by Gasteiger charge is 2.18. The second-order valence-electron chi connectivity index (χ2n) is 6.08. The van der Waals surface area contributed by atoms with Crippen LogP contribution in [0.25, 0.3) is 0 Å². The summed E-state index contributed by atoms with van der Waals surface area (Å²) in [7, 11) is 0. The molecule has 1 amide bonds. The Morgan fingerprint density at radius 2 is 1.71 bits per heavy atom. The van der Waals surface area contributed by atoms with Gasteiger partial charge in [-0.1, -0.05) is 51.9 Å². The summed E-state index contributed by atoms with van der Waals surface area (Å²) in [5.41, 5.74) is 0.142. The van der Waals surface area contributed by atoms with Gasteiger partial charge in [0, 0.05) is 19.5 Å². The van der Waals surface area contributed by atoms with Crippen LogP contribution in [0.2, 0.25) is 0 Å². The van der Waals surface area contributed by atoms with Crippen LogP contribution in [0.5, 0.6) is 5.75 Å². The fraction of sp³-hybridized carbons (Fsp3) is 0.611. The van der Waals surface area contributed by atoms with E-state index < -0.39 is 4.92 Å². The highest BCUT2D eigenvalue weighted by atomic mass is 16.6. The lowest BCUT2D eigenvalue weighted by Crippen LogP contribution is -2.29. The van der Waals surface area contributed by atoms with E-state index in [0.717, 1.165) is 25.3 Å². The largest absolute Gasteiger partial charge is 0.505 e. The maximum atomic E-state index is 11.8. The lowest BCUT2D eigenvalue weighted by atomic mass is 10.1. The zero-order valence-electron chi connectivity index (χ0n) is 14.7. The molecule has 0 atom stereocenters. The van der Waals surface area contributed by atoms with Crippen LogP contribution in [-0.2, 0) is 4.79 Å². The molecule has 0 aliphatic rings. The van der Waals surface area contributed by atoms with Crippen molar-refractivity contribution in [2.45, 2.75) is 65.2 Å². The number of nitro groups is 1. The van der Waals surface area contributed by atoms with Gasteiger partial charge in [-0.15, -0.1) is 0 Å². The maximum absolute atomic E-state index is 11.8. The number of carbonyl (C=O) groups excluding carboxylic acids is 1. The van der Waals surface area contributed by atoms with Gasteiger partial charge in [-0.3, -0.25) is 14.9 Å². The molecule has 0 heterocycles. The Morgan fingerprint density at radius 1 is 1.12 bits per heavy atom. The van der Waals surface area contributed by atoms with Crippen molar-refractivity contribution in [3.63, 3.8) is 0 Å². The average Bonchev–Trinajstić information content (AvgIpc) is 2.53. The monoisotopic (exact) mass is 336 g/mol. The highest BCUT2D eigenvalue weighted by molar-refractivity contribution is 5.93. The van der Waals surface area contributed by atoms with Crippen LogP contribution >= 0.6 is 0 Å². The first-order valence-electron chi connectivity index (χ1n) is 8.73. The van der Waals surface area contributed by atoms with Gasteiger partial charge in [-0.2, -0.15) is 0 Å². The molecule has 1 rings (SSSR count). The summed E-state index contributed by atoms with van der Waals surface area (Å²) >= 11 is 0. The van der Waals surface area contributed by atoms with E-state index >= 15 is 0 Å². The quantitative estimate of drug-likeness (QED) is 0.357. The van der Waals surface area contributed by atoms with Crippen molar-refractivity contribution in [1.29, 1.82) is 0 Å². The van der Waals surface area contributed by atoms with E-state index in [9.17, 15) is 20.0 Å². The molecule has 0 unspecified atom stereocenters. The summed E-state index contributed by atoms with van der Waals surface area (Å²) in [5, 5.41) is 20.7. The summed E-state index contributed by atoms with van der Waals surface area (Å²) < 4.78 is 0. The predicted octanol–water partition coefficient (Wildman–Crippen LogP) is 4.79. The van der Waals surface area contributed by atoms with Gasteiger partial charge in [-0.05, 0) is 12.5 Å². The number of nitro benzene ring substituents is 1. The summed E-state index contributed by atoms with van der Waals surface area (Å²) in [4.78, 5) is 23.5. The van der Waals surface area contributed by atoms with Crippen LogP contribution in [-0.4, -0.2) is 22.5 Å². The van der Waals surface area contributed by atoms with Gasteiger partial charge in [0.15, 0.2) is 0 Å². The number of non-ortho nitro benzene ring substituents is 1. The van der Waals surface area contributed by atoms with Crippen LogP contribution in [0.4, 0.5) is 11.4 Å². The van der Waals surface area contributed by atoms with Crippen LogP contribution in [0.1, 0.15) is 65.2 Å². The maximum Gasteiger partial charge on any atom is 0.273 e. The number of hydrogen-bond donors (Lipinski definition) is 1. The minimum Gasteiger partial charge on any atom is -0.505 e. The third-order valence-electron chi connectivity index (χ3n) is 4.08. The number of unbranched alkanes of at least 4 members (excludes halogenated alkanes) is 7. The van der Waals surface area contributed by atoms with E-state index in [2.05, 4.69) is 6.92 Å². The molecule has 0 aromatic heterocycles. The van der Waals surface area contributed by atoms with E-state index in [1.807, 2.05) is 0 Å². The van der Waals surface area contributed by atoms with Gasteiger partial charge >= 0.3 is 0 Å². The van der Waals surface area contributed by atoms with Gasteiger partial charge < -0.3 is 10.0 Å². The molecule has 0 aliphatic carbocycles. The van der Waals surface area contributed by atoms with Crippen molar-refractivity contribution >= 4 is 17.3 Å². The molecule has 1 N–H and O–H groups in total. The second kappa shape index (κ2) is 10.6. The summed E-state index contributed by atoms with van der Waals surface area (Å²) in [6.45, 7) is 4.14. The van der Waals surface area contributed by atoms with Crippen molar-refractivity contribution in [3.8, 4) is 5.75 Å². The first-order valence-corrected chi connectivity index (χ1v) is 8.73. The lowest BCUT2D eigenvalue weighted by Gasteiger charge is -2.22. The van der Waals surface area contributed by atoms with Gasteiger partial charge in [-0.25, -0.2) is 0 Å². The Morgan fingerprint density at radius 3 is 2.21 bits per heavy atom. The van der Waals surface area contributed by atoms with Gasteiger partial charge in [0.05, 0.1) is 16.7 Å². The van der Waals surface area contributed by atoms with Crippen LogP contribution < -0.4 is 4.90 Å². The predicted molar refractivity (Wildman–Crippen MR) is 95.4 cm³/mol. The van der Waals surface area contributed by atoms with Crippen LogP contribution in [0, 0.1) is 10.1 Å². The number of hydrogen-bond acceptors (Lipinski definition) is 4. The Hall–Kier alpha value is -2.11. The molecular formula is C18H28N2O4. The molecule has 6 heteroatoms. The lowest BCUT2D eigenvalue weighted by molar-refractivity contribution is -0.384. The second-order valence-corrected chi connectivity index (χ2v) is 6.08. The smallest absolute Gasteiger partial charge is 0.273 e. The topological polar surface area (TPSA) is 83.7 Å². The fourth-order valence-corrected chi connectivity index (χ4v) is 2.70. The molecule has 24 heavy (non-hydrogen) atoms. The van der Waals surface area contributed by atoms with E-state index in [-0.39, 0.29) is 17.3 Å².